The number of hydrogen-bond donors (Lipinski definition) is 2. The molecular weight excluding hydrogens is 448 g/mol. The summed E-state index contributed by atoms with van der Waals surface area (Å²) in [5.74, 6) is 1.35. The molecule has 2 unspecified atom stereocenters. The molecule has 3 heterocycles. The highest BCUT2D eigenvalue weighted by molar-refractivity contribution is 5.98. The van der Waals surface area contributed by atoms with Gasteiger partial charge in [0.1, 0.15) is 29.3 Å². The van der Waals surface area contributed by atoms with Crippen LogP contribution in [0.3, 0.4) is 0 Å². The quantitative estimate of drug-likeness (QED) is 0.407. The van der Waals surface area contributed by atoms with E-state index in [9.17, 15) is 9.90 Å². The van der Waals surface area contributed by atoms with Crippen molar-refractivity contribution >= 4 is 22.8 Å². The first-order chi connectivity index (χ1) is 17.0. The lowest BCUT2D eigenvalue weighted by molar-refractivity contribution is -0.143. The summed E-state index contributed by atoms with van der Waals surface area (Å²) in [5, 5.41) is 22.7. The number of fused-ring (bicyclic) bond motifs is 1. The molecule has 0 spiro atoms. The zero-order valence-corrected chi connectivity index (χ0v) is 19.0. The Kier molecular flexibility index (Phi) is 6.30. The first kappa shape index (κ1) is 22.8. The summed E-state index contributed by atoms with van der Waals surface area (Å²) in [4.78, 5) is 22.7. The van der Waals surface area contributed by atoms with Gasteiger partial charge in [-0.25, -0.2) is 14.6 Å². The number of carbonyl (C=O) groups excluding carboxylic acids is 1. The van der Waals surface area contributed by atoms with Gasteiger partial charge < -0.3 is 25.6 Å². The second-order valence-corrected chi connectivity index (χ2v) is 8.49. The van der Waals surface area contributed by atoms with Crippen LogP contribution in [-0.2, 0) is 4.79 Å². The van der Waals surface area contributed by atoms with Gasteiger partial charge in [0.25, 0.3) is 5.91 Å². The summed E-state index contributed by atoms with van der Waals surface area (Å²) in [5.41, 5.74) is 8.34. The molecule has 5 rings (SSSR count). The van der Waals surface area contributed by atoms with Gasteiger partial charge in [0.2, 0.25) is 6.10 Å². The number of amides is 1. The molecule has 2 atom stereocenters. The predicted molar refractivity (Wildman–Crippen MR) is 131 cm³/mol. The highest BCUT2D eigenvalue weighted by Gasteiger charge is 2.31. The van der Waals surface area contributed by atoms with Crippen molar-refractivity contribution in [3.63, 3.8) is 0 Å². The van der Waals surface area contributed by atoms with Gasteiger partial charge in [-0.15, -0.1) is 0 Å². The van der Waals surface area contributed by atoms with Crippen molar-refractivity contribution < 1.29 is 19.7 Å². The molecule has 10 heteroatoms. The molecule has 0 radical (unpaired) electrons. The normalized spacial score (nSPS) is 16.9. The molecule has 2 aromatic heterocycles. The van der Waals surface area contributed by atoms with Crippen LogP contribution >= 0.6 is 0 Å². The van der Waals surface area contributed by atoms with Crippen LogP contribution in [0.5, 0.6) is 11.5 Å². The van der Waals surface area contributed by atoms with Crippen LogP contribution in [-0.4, -0.2) is 66.6 Å². The minimum atomic E-state index is -1.31. The number of carbonyl (C=O) groups is 1. The lowest BCUT2D eigenvalue weighted by Gasteiger charge is -2.33. The number of aromatic nitrogens is 4. The fourth-order valence-corrected chi connectivity index (χ4v) is 4.41. The molecular formula is C25H27N6O4+. The van der Waals surface area contributed by atoms with Crippen molar-refractivity contribution in [1.82, 2.24) is 24.6 Å². The second-order valence-electron chi connectivity index (χ2n) is 8.49. The Morgan fingerprint density at radius 1 is 1.14 bits per heavy atom. The number of anilines is 1. The zero-order chi connectivity index (χ0) is 24.4. The maximum Gasteiger partial charge on any atom is 0.259 e. The minimum Gasteiger partial charge on any atom is -0.457 e. The summed E-state index contributed by atoms with van der Waals surface area (Å²) >= 11 is 0. The third-order valence-electron chi connectivity index (χ3n) is 6.16. The molecule has 1 aliphatic heterocycles. The number of hydrogen-bond acceptors (Lipinski definition) is 7. The first-order valence-corrected chi connectivity index (χ1v) is 11.5. The molecule has 1 amide bonds. The van der Waals surface area contributed by atoms with E-state index in [0.29, 0.717) is 41.4 Å². The Bertz CT molecular complexity index is 1330. The largest absolute Gasteiger partial charge is 0.457 e. The second kappa shape index (κ2) is 9.69. The topological polar surface area (TPSA) is 142 Å². The number of piperidine rings is 1. The van der Waals surface area contributed by atoms with E-state index in [1.54, 1.807) is 4.90 Å². The van der Waals surface area contributed by atoms with Gasteiger partial charge >= 0.3 is 0 Å². The molecule has 2 aromatic carbocycles. The first-order valence-electron chi connectivity index (χ1n) is 11.5. The average Bonchev–Trinajstić information content (AvgIpc) is 3.30. The molecule has 10 nitrogen and oxygen atoms in total. The summed E-state index contributed by atoms with van der Waals surface area (Å²) in [6.45, 7) is 0.556. The maximum absolute atomic E-state index is 12.5. The van der Waals surface area contributed by atoms with Crippen molar-refractivity contribution in [1.29, 1.82) is 0 Å². The van der Waals surface area contributed by atoms with E-state index in [4.69, 9.17) is 20.7 Å². The van der Waals surface area contributed by atoms with Gasteiger partial charge in [-0.1, -0.05) is 18.2 Å². The molecule has 180 valence electrons. The van der Waals surface area contributed by atoms with Crippen LogP contribution in [0.15, 0.2) is 60.9 Å². The number of aliphatic hydroxyl groups is 1. The predicted octanol–water partition coefficient (Wildman–Crippen LogP) is 2.12. The number of aliphatic hydroxyl groups excluding tert-OH is 1. The fourth-order valence-electron chi connectivity index (χ4n) is 4.41. The van der Waals surface area contributed by atoms with Crippen molar-refractivity contribution in [2.24, 2.45) is 0 Å². The van der Waals surface area contributed by atoms with Gasteiger partial charge in [0, 0.05) is 18.7 Å². The van der Waals surface area contributed by atoms with E-state index in [2.05, 4.69) is 9.97 Å². The van der Waals surface area contributed by atoms with Gasteiger partial charge in [-0.3, -0.25) is 4.79 Å². The monoisotopic (exact) mass is 475 g/mol. The lowest BCUT2D eigenvalue weighted by atomic mass is 10.1. The third-order valence-corrected chi connectivity index (χ3v) is 6.16. The van der Waals surface area contributed by atoms with Crippen LogP contribution in [0, 0.1) is 0 Å². The number of ether oxygens (including phenoxy) is 1. The smallest absolute Gasteiger partial charge is 0.259 e. The standard InChI is InChI=1S/C25H26N6O4/c26-23-21-22(16-8-10-19(11-9-16)35-18-6-2-1-3-7-18)29-31(24(21)28-15-27-23)17-5-4-12-30(13-17)25(34)20(33)14-32/h1-3,6-11,15,17,20,32-33H,4-5,12-14H2,(H2,26,27,28)/p+1. The third kappa shape index (κ3) is 4.53. The van der Waals surface area contributed by atoms with E-state index in [1.165, 1.54) is 6.33 Å². The fraction of sp³-hybridized carbons (Fsp3) is 0.280. The molecule has 1 aliphatic rings. The maximum atomic E-state index is 12.5. The van der Waals surface area contributed by atoms with Crippen molar-refractivity contribution in [3.05, 3.63) is 60.9 Å². The molecule has 1 fully saturated rings. The van der Waals surface area contributed by atoms with E-state index in [-0.39, 0.29) is 12.6 Å². The van der Waals surface area contributed by atoms with Crippen LogP contribution in [0.1, 0.15) is 18.9 Å². The number of benzene rings is 2. The van der Waals surface area contributed by atoms with Gasteiger partial charge in [-0.05, 0) is 49.2 Å². The SMILES string of the molecule is Nc1ncnc2c1c(-c1ccc(Oc3ccccc3)cc1)nn2C1CCCN(C(=O)C(O)C[OH2+])C1. The van der Waals surface area contributed by atoms with Crippen LogP contribution < -0.4 is 10.5 Å². The Balaban J connectivity index is 1.47. The molecule has 35 heavy (non-hydrogen) atoms. The highest BCUT2D eigenvalue weighted by Crippen LogP contribution is 2.34. The van der Waals surface area contributed by atoms with E-state index < -0.39 is 12.0 Å². The van der Waals surface area contributed by atoms with E-state index in [0.717, 1.165) is 24.2 Å². The highest BCUT2D eigenvalue weighted by atomic mass is 16.5. The van der Waals surface area contributed by atoms with Gasteiger partial charge in [0.05, 0.1) is 11.4 Å². The minimum absolute atomic E-state index is 0.142. The van der Waals surface area contributed by atoms with Gasteiger partial charge in [-0.2, -0.15) is 5.10 Å². The van der Waals surface area contributed by atoms with Crippen LogP contribution in [0.25, 0.3) is 22.3 Å². The number of nitrogens with two attached hydrogens (primary N) is 1. The number of nitrogens with zero attached hydrogens (tertiary/aromatic N) is 5. The Labute approximate surface area is 201 Å². The molecule has 4 aromatic rings. The van der Waals surface area contributed by atoms with Crippen molar-refractivity contribution in [2.75, 3.05) is 25.4 Å². The average molecular weight is 476 g/mol. The lowest BCUT2D eigenvalue weighted by Crippen LogP contribution is -2.46. The Morgan fingerprint density at radius 2 is 1.89 bits per heavy atom. The zero-order valence-electron chi connectivity index (χ0n) is 19.0. The molecule has 0 bridgehead atoms. The number of para-hydroxylation sites is 1. The van der Waals surface area contributed by atoms with Crippen molar-refractivity contribution in [2.45, 2.75) is 25.0 Å². The Morgan fingerprint density at radius 3 is 2.63 bits per heavy atom. The van der Waals surface area contributed by atoms with E-state index in [1.807, 2.05) is 59.3 Å². The number of likely N-dealkylation sites (tertiary alicyclic amines) is 1. The van der Waals surface area contributed by atoms with E-state index >= 15 is 0 Å². The number of rotatable bonds is 6. The van der Waals surface area contributed by atoms with Crippen molar-refractivity contribution in [3.8, 4) is 22.8 Å². The summed E-state index contributed by atoms with van der Waals surface area (Å²) in [6, 6.07) is 17.0. The summed E-state index contributed by atoms with van der Waals surface area (Å²) < 4.78 is 7.71. The Hall–Kier alpha value is -4.02. The van der Waals surface area contributed by atoms with Gasteiger partial charge in [0.15, 0.2) is 12.3 Å². The molecule has 0 saturated carbocycles. The summed E-state index contributed by atoms with van der Waals surface area (Å²) in [6.07, 6.45) is 1.65. The van der Waals surface area contributed by atoms with Crippen LogP contribution in [0.4, 0.5) is 5.82 Å². The molecule has 1 saturated heterocycles. The number of nitrogen functional groups attached to an aromatic ring is 1. The summed E-state index contributed by atoms with van der Waals surface area (Å²) in [7, 11) is 0. The van der Waals surface area contributed by atoms with Crippen LogP contribution in [0.2, 0.25) is 0 Å². The molecule has 5 N–H and O–H groups in total. The molecule has 0 aliphatic carbocycles.